The first kappa shape index (κ1) is 18.3. The van der Waals surface area contributed by atoms with Gasteiger partial charge in [0.2, 0.25) is 0 Å². The molecule has 4 N–H and O–H groups in total. The number of aliphatic hydroxyl groups is 3. The van der Waals surface area contributed by atoms with Crippen LogP contribution >= 0.6 is 0 Å². The number of hydrogen-bond donors (Lipinski definition) is 4. The first-order valence-corrected chi connectivity index (χ1v) is 7.49. The second-order valence-corrected chi connectivity index (χ2v) is 5.85. The van der Waals surface area contributed by atoms with Gasteiger partial charge < -0.3 is 24.8 Å². The van der Waals surface area contributed by atoms with Crippen molar-refractivity contribution < 1.29 is 29.6 Å². The zero-order chi connectivity index (χ0) is 17.9. The minimum atomic E-state index is -1.39. The van der Waals surface area contributed by atoms with E-state index in [9.17, 15) is 19.8 Å². The lowest BCUT2D eigenvalue weighted by atomic mass is 10.1. The molecule has 1 aliphatic rings. The fourth-order valence-corrected chi connectivity index (χ4v) is 2.17. The molecule has 1 saturated heterocycles. The molecule has 0 aromatic carbocycles. The number of anilines is 1. The predicted molar refractivity (Wildman–Crippen MR) is 81.3 cm³/mol. The van der Waals surface area contributed by atoms with Crippen LogP contribution in [-0.4, -0.2) is 62.5 Å². The molecule has 1 amide bonds. The number of carbonyl (C=O) groups is 1. The van der Waals surface area contributed by atoms with Gasteiger partial charge in [-0.25, -0.2) is 9.59 Å². The lowest BCUT2D eigenvalue weighted by molar-refractivity contribution is -0.0549. The Labute approximate surface area is 137 Å². The number of aliphatic hydroxyl groups excluding tert-OH is 3. The van der Waals surface area contributed by atoms with Gasteiger partial charge in [0, 0.05) is 6.20 Å². The molecule has 0 spiro atoms. The van der Waals surface area contributed by atoms with Crippen LogP contribution in [0.4, 0.5) is 10.6 Å². The second kappa shape index (κ2) is 7.71. The minimum absolute atomic E-state index is 0.0169. The summed E-state index contributed by atoms with van der Waals surface area (Å²) in [5.74, 6) is 0.153. The molecular weight excluding hydrogens is 322 g/mol. The molecule has 24 heavy (non-hydrogen) atoms. The third kappa shape index (κ3) is 4.09. The van der Waals surface area contributed by atoms with Crippen molar-refractivity contribution in [3.05, 3.63) is 22.7 Å². The first-order chi connectivity index (χ1) is 11.3. The molecule has 10 nitrogen and oxygen atoms in total. The fourth-order valence-electron chi connectivity index (χ4n) is 2.17. The number of nitrogens with one attached hydrogen (secondary N) is 1. The van der Waals surface area contributed by atoms with Crippen molar-refractivity contribution in [3.63, 3.8) is 0 Å². The van der Waals surface area contributed by atoms with Crippen molar-refractivity contribution in [1.82, 2.24) is 9.55 Å². The Kier molecular flexibility index (Phi) is 5.89. The van der Waals surface area contributed by atoms with E-state index in [1.54, 1.807) is 0 Å². The standard InChI is InChI=1S/C14H21N3O7/c1-7(2)6-23-14(22)16-9-3-4-17(13(21)15-9)12-11(20)10(19)8(5-18)24-12/h3-4,7-8,10-12,18-20H,5-6H2,1-2H3,(H,15,16,21,22). The van der Waals surface area contributed by atoms with Gasteiger partial charge in [0.15, 0.2) is 6.23 Å². The molecule has 2 heterocycles. The molecule has 10 heteroatoms. The summed E-state index contributed by atoms with van der Waals surface area (Å²) in [6.45, 7) is 3.49. The Balaban J connectivity index is 2.08. The van der Waals surface area contributed by atoms with E-state index < -0.39 is 42.9 Å². The highest BCUT2D eigenvalue weighted by Gasteiger charge is 2.43. The molecule has 4 atom stereocenters. The van der Waals surface area contributed by atoms with E-state index in [-0.39, 0.29) is 18.3 Å². The summed E-state index contributed by atoms with van der Waals surface area (Å²) < 4.78 is 11.1. The largest absolute Gasteiger partial charge is 0.449 e. The van der Waals surface area contributed by atoms with Crippen LogP contribution in [-0.2, 0) is 9.47 Å². The number of nitrogens with zero attached hydrogens (tertiary/aromatic N) is 2. The van der Waals surface area contributed by atoms with E-state index in [0.29, 0.717) is 0 Å². The van der Waals surface area contributed by atoms with E-state index in [0.717, 1.165) is 4.57 Å². The Morgan fingerprint density at radius 2 is 2.17 bits per heavy atom. The second-order valence-electron chi connectivity index (χ2n) is 5.85. The Morgan fingerprint density at radius 1 is 1.46 bits per heavy atom. The molecular formula is C14H21N3O7. The predicted octanol–water partition coefficient (Wildman–Crippen LogP) is -0.941. The van der Waals surface area contributed by atoms with Gasteiger partial charge >= 0.3 is 11.8 Å². The van der Waals surface area contributed by atoms with Crippen molar-refractivity contribution in [2.45, 2.75) is 38.4 Å². The molecule has 1 aliphatic heterocycles. The molecule has 0 bridgehead atoms. The molecule has 2 rings (SSSR count). The Morgan fingerprint density at radius 3 is 2.71 bits per heavy atom. The summed E-state index contributed by atoms with van der Waals surface area (Å²) in [5.41, 5.74) is -0.800. The van der Waals surface area contributed by atoms with Gasteiger partial charge in [-0.05, 0) is 12.0 Å². The monoisotopic (exact) mass is 343 g/mol. The van der Waals surface area contributed by atoms with Gasteiger partial charge in [-0.2, -0.15) is 4.98 Å². The summed E-state index contributed by atoms with van der Waals surface area (Å²) in [4.78, 5) is 27.2. The molecule has 1 aromatic rings. The van der Waals surface area contributed by atoms with Gasteiger partial charge in [-0.15, -0.1) is 0 Å². The van der Waals surface area contributed by atoms with Gasteiger partial charge in [-0.3, -0.25) is 9.88 Å². The van der Waals surface area contributed by atoms with Crippen molar-refractivity contribution in [2.75, 3.05) is 18.5 Å². The van der Waals surface area contributed by atoms with Gasteiger partial charge in [0.1, 0.15) is 24.1 Å². The molecule has 1 fully saturated rings. The van der Waals surface area contributed by atoms with Crippen molar-refractivity contribution in [3.8, 4) is 0 Å². The highest BCUT2D eigenvalue weighted by molar-refractivity contribution is 5.83. The lowest BCUT2D eigenvalue weighted by Crippen LogP contribution is -2.36. The van der Waals surface area contributed by atoms with Crippen LogP contribution < -0.4 is 11.0 Å². The summed E-state index contributed by atoms with van der Waals surface area (Å²) in [6, 6.07) is 1.33. The maximum atomic E-state index is 12.0. The van der Waals surface area contributed by atoms with E-state index >= 15 is 0 Å². The molecule has 4 unspecified atom stereocenters. The quantitative estimate of drug-likeness (QED) is 0.536. The maximum absolute atomic E-state index is 12.0. The van der Waals surface area contributed by atoms with E-state index in [1.165, 1.54) is 12.3 Å². The van der Waals surface area contributed by atoms with Crippen LogP contribution in [0.5, 0.6) is 0 Å². The zero-order valence-corrected chi connectivity index (χ0v) is 13.3. The van der Waals surface area contributed by atoms with Crippen molar-refractivity contribution in [2.24, 2.45) is 5.92 Å². The normalized spacial score (nSPS) is 26.6. The summed E-state index contributed by atoms with van der Waals surface area (Å²) >= 11 is 0. The van der Waals surface area contributed by atoms with E-state index in [2.05, 4.69) is 10.3 Å². The highest BCUT2D eigenvalue weighted by atomic mass is 16.6. The van der Waals surface area contributed by atoms with Crippen LogP contribution in [0.1, 0.15) is 20.1 Å². The number of amides is 1. The van der Waals surface area contributed by atoms with Crippen LogP contribution in [0.25, 0.3) is 0 Å². The van der Waals surface area contributed by atoms with Gasteiger partial charge in [0.25, 0.3) is 0 Å². The highest BCUT2D eigenvalue weighted by Crippen LogP contribution is 2.28. The Bertz CT molecular complexity index is 633. The summed E-state index contributed by atoms with van der Waals surface area (Å²) in [6.07, 6.45) is -4.37. The number of ether oxygens (including phenoxy) is 2. The fraction of sp³-hybridized carbons (Fsp3) is 0.643. The van der Waals surface area contributed by atoms with Crippen molar-refractivity contribution >= 4 is 11.9 Å². The van der Waals surface area contributed by atoms with E-state index in [4.69, 9.17) is 14.6 Å². The van der Waals surface area contributed by atoms with Gasteiger partial charge in [0.05, 0.1) is 13.2 Å². The van der Waals surface area contributed by atoms with Gasteiger partial charge in [-0.1, -0.05) is 13.8 Å². The van der Waals surface area contributed by atoms with Crippen LogP contribution in [0, 0.1) is 5.92 Å². The number of rotatable bonds is 5. The average Bonchev–Trinajstić information content (AvgIpc) is 2.81. The SMILES string of the molecule is CC(C)COC(=O)Nc1ccn(C2OC(CO)C(O)C2O)c(=O)n1. The topological polar surface area (TPSA) is 143 Å². The summed E-state index contributed by atoms with van der Waals surface area (Å²) in [7, 11) is 0. The Hall–Kier alpha value is -2.01. The van der Waals surface area contributed by atoms with Crippen LogP contribution in [0.2, 0.25) is 0 Å². The third-order valence-corrected chi connectivity index (χ3v) is 3.40. The maximum Gasteiger partial charge on any atom is 0.412 e. The van der Waals surface area contributed by atoms with Crippen molar-refractivity contribution in [1.29, 1.82) is 0 Å². The van der Waals surface area contributed by atoms with Crippen LogP contribution in [0.15, 0.2) is 17.1 Å². The minimum Gasteiger partial charge on any atom is -0.449 e. The first-order valence-electron chi connectivity index (χ1n) is 7.49. The zero-order valence-electron chi connectivity index (χ0n) is 13.3. The number of carbonyl (C=O) groups excluding carboxylic acids is 1. The number of aromatic nitrogens is 2. The molecule has 0 radical (unpaired) electrons. The average molecular weight is 343 g/mol. The molecule has 134 valence electrons. The summed E-state index contributed by atoms with van der Waals surface area (Å²) in [5, 5.41) is 31.0. The van der Waals surface area contributed by atoms with Crippen LogP contribution in [0.3, 0.4) is 0 Å². The molecule has 0 aliphatic carbocycles. The molecule has 1 aromatic heterocycles. The number of hydrogen-bond acceptors (Lipinski definition) is 8. The van der Waals surface area contributed by atoms with E-state index in [1.807, 2.05) is 13.8 Å². The lowest BCUT2D eigenvalue weighted by Gasteiger charge is -2.17. The third-order valence-electron chi connectivity index (χ3n) is 3.40. The molecule has 0 saturated carbocycles. The smallest absolute Gasteiger partial charge is 0.412 e.